The third kappa shape index (κ3) is 6.15. The van der Waals surface area contributed by atoms with E-state index in [1.165, 1.54) is 17.3 Å². The summed E-state index contributed by atoms with van der Waals surface area (Å²) < 4.78 is 28.8. The van der Waals surface area contributed by atoms with E-state index in [2.05, 4.69) is 25.2 Å². The van der Waals surface area contributed by atoms with E-state index in [0.717, 1.165) is 74.4 Å². The van der Waals surface area contributed by atoms with E-state index in [1.54, 1.807) is 6.07 Å². The molecule has 243 valence electrons. The number of ketones is 1. The van der Waals surface area contributed by atoms with Gasteiger partial charge in [-0.25, -0.2) is 8.78 Å². The van der Waals surface area contributed by atoms with Gasteiger partial charge < -0.3 is 10.1 Å². The van der Waals surface area contributed by atoms with Gasteiger partial charge in [0.2, 0.25) is 0 Å². The van der Waals surface area contributed by atoms with Crippen molar-refractivity contribution in [2.45, 2.75) is 59.5 Å². The molecular formula is C39H37F2IrN2O2Si-. The maximum absolute atomic E-state index is 14.6. The van der Waals surface area contributed by atoms with E-state index < -0.39 is 19.7 Å². The van der Waals surface area contributed by atoms with Crippen LogP contribution < -0.4 is 10.5 Å². The van der Waals surface area contributed by atoms with Crippen LogP contribution in [-0.4, -0.2) is 28.9 Å². The summed E-state index contributed by atoms with van der Waals surface area (Å²) in [7, 11) is -2.28. The molecule has 47 heavy (non-hydrogen) atoms. The maximum Gasteiger partial charge on any atom is 0.162 e. The molecule has 0 saturated heterocycles. The minimum atomic E-state index is -2.28. The number of nitrogens with zero attached hydrogens (tertiary/aromatic N) is 2. The van der Waals surface area contributed by atoms with Crippen LogP contribution in [0.1, 0.15) is 46.5 Å². The standard InChI is InChI=1S/C28H17F2N2Si.C11H20O2.Ir/c1-33(2)25-14-21-17(7-8-18-20(21)12-16(29)13-23(18)30)19-9-10-31-27(26(19)25)22-11-15-5-3-4-6-24(15)32-28(22)33;1-4-7-10(12)8-11(13)9(5-2)6-3;/h3-10,12-14H,1-2H3;8-9,12H,4-7H2,1-3H3;/q-1;;/b;10-8-;. The number of rotatable bonds is 6. The van der Waals surface area contributed by atoms with Gasteiger partial charge in [0, 0.05) is 61.9 Å². The summed E-state index contributed by atoms with van der Waals surface area (Å²) >= 11 is 0. The molecule has 0 amide bonds. The van der Waals surface area contributed by atoms with Crippen LogP contribution in [0.25, 0.3) is 54.5 Å². The first-order valence-corrected chi connectivity index (χ1v) is 19.0. The van der Waals surface area contributed by atoms with Gasteiger partial charge in [-0.15, -0.1) is 12.1 Å². The van der Waals surface area contributed by atoms with E-state index in [-0.39, 0.29) is 37.6 Å². The Kier molecular flexibility index (Phi) is 10.1. The van der Waals surface area contributed by atoms with Gasteiger partial charge in [-0.05, 0) is 69.2 Å². The Labute approximate surface area is 288 Å². The predicted octanol–water partition coefficient (Wildman–Crippen LogP) is 9.20. The molecule has 1 N–H and O–H groups in total. The Morgan fingerprint density at radius 3 is 2.36 bits per heavy atom. The van der Waals surface area contributed by atoms with Crippen molar-refractivity contribution in [1.82, 2.24) is 9.97 Å². The molecule has 2 aromatic heterocycles. The monoisotopic (exact) mass is 824 g/mol. The summed E-state index contributed by atoms with van der Waals surface area (Å²) in [6.45, 7) is 10.5. The smallest absolute Gasteiger partial charge is 0.162 e. The molecule has 7 rings (SSSR count). The van der Waals surface area contributed by atoms with Gasteiger partial charge in [-0.2, -0.15) is 0 Å². The van der Waals surface area contributed by atoms with Crippen molar-refractivity contribution in [3.63, 3.8) is 0 Å². The molecule has 0 spiro atoms. The molecule has 3 heterocycles. The number of hydrogen-bond donors (Lipinski definition) is 1. The van der Waals surface area contributed by atoms with Crippen LogP contribution in [0.3, 0.4) is 0 Å². The van der Waals surface area contributed by atoms with Crippen molar-refractivity contribution in [3.05, 3.63) is 96.4 Å². The second-order valence-electron chi connectivity index (χ2n) is 12.6. The fourth-order valence-electron chi connectivity index (χ4n) is 6.73. The van der Waals surface area contributed by atoms with Crippen molar-refractivity contribution in [2.75, 3.05) is 0 Å². The zero-order valence-corrected chi connectivity index (χ0v) is 30.6. The molecule has 4 nitrogen and oxygen atoms in total. The maximum atomic E-state index is 14.6. The third-order valence-electron chi connectivity index (χ3n) is 9.23. The zero-order chi connectivity index (χ0) is 32.7. The number of benzene rings is 4. The number of aromatic nitrogens is 2. The van der Waals surface area contributed by atoms with Crippen LogP contribution in [0.4, 0.5) is 8.78 Å². The molecule has 1 radical (unpaired) electrons. The van der Waals surface area contributed by atoms with Gasteiger partial charge in [0.25, 0.3) is 0 Å². The average Bonchev–Trinajstić information content (AvgIpc) is 3.03. The molecule has 1 aliphatic heterocycles. The van der Waals surface area contributed by atoms with Gasteiger partial charge in [-0.3, -0.25) is 9.78 Å². The van der Waals surface area contributed by atoms with E-state index in [0.29, 0.717) is 17.2 Å². The topological polar surface area (TPSA) is 63.1 Å². The SMILES string of the molecule is CCC/C(O)=C/C(=O)C(CC)CC.C[Si]1(C)c2nc3ccccc3[c-]c2-c2nccc3c2c1cc1c2cc(F)cc(F)c2ccc31.[Ir]. The molecule has 0 atom stereocenters. The van der Waals surface area contributed by atoms with Gasteiger partial charge in [0.05, 0.1) is 13.8 Å². The molecule has 4 aromatic carbocycles. The van der Waals surface area contributed by atoms with Crippen LogP contribution in [0.15, 0.2) is 78.7 Å². The Bertz CT molecular complexity index is 2190. The molecule has 0 unspecified atom stereocenters. The van der Waals surface area contributed by atoms with Gasteiger partial charge in [-0.1, -0.05) is 86.4 Å². The van der Waals surface area contributed by atoms with E-state index in [9.17, 15) is 18.7 Å². The van der Waals surface area contributed by atoms with Crippen LogP contribution in [-0.2, 0) is 24.9 Å². The Hall–Kier alpha value is -3.84. The van der Waals surface area contributed by atoms with Crippen LogP contribution >= 0.6 is 0 Å². The van der Waals surface area contributed by atoms with Crippen LogP contribution in [0.2, 0.25) is 13.1 Å². The molecule has 0 saturated carbocycles. The van der Waals surface area contributed by atoms with Gasteiger partial charge in [0.1, 0.15) is 11.6 Å². The molecule has 1 aliphatic rings. The fourth-order valence-corrected chi connectivity index (χ4v) is 9.57. The van der Waals surface area contributed by atoms with Gasteiger partial charge >= 0.3 is 0 Å². The summed E-state index contributed by atoms with van der Waals surface area (Å²) in [5, 5.41) is 17.5. The van der Waals surface area contributed by atoms with Crippen molar-refractivity contribution in [3.8, 4) is 11.3 Å². The second kappa shape index (κ2) is 13.7. The number of pyridine rings is 2. The number of aliphatic hydroxyl groups excluding tert-OH is 1. The summed E-state index contributed by atoms with van der Waals surface area (Å²) in [4.78, 5) is 21.3. The first kappa shape index (κ1) is 34.5. The minimum absolute atomic E-state index is 0. The normalized spacial score (nSPS) is 13.4. The number of halogens is 2. The summed E-state index contributed by atoms with van der Waals surface area (Å²) in [6.07, 6.45) is 6.38. The van der Waals surface area contributed by atoms with E-state index in [4.69, 9.17) is 9.97 Å². The molecule has 0 bridgehead atoms. The van der Waals surface area contributed by atoms with Gasteiger partial charge in [0.15, 0.2) is 5.78 Å². The number of carbonyl (C=O) groups is 1. The number of aliphatic hydroxyl groups is 1. The van der Waals surface area contributed by atoms with Crippen LogP contribution in [0.5, 0.6) is 0 Å². The summed E-state index contributed by atoms with van der Waals surface area (Å²) in [5.74, 6) is -0.740. The minimum Gasteiger partial charge on any atom is -0.512 e. The summed E-state index contributed by atoms with van der Waals surface area (Å²) in [6, 6.07) is 21.8. The number of fused-ring (bicyclic) bond motifs is 7. The van der Waals surface area contributed by atoms with E-state index >= 15 is 0 Å². The average molecular weight is 824 g/mol. The Morgan fingerprint density at radius 1 is 0.936 bits per heavy atom. The zero-order valence-electron chi connectivity index (χ0n) is 27.2. The first-order valence-electron chi connectivity index (χ1n) is 16.0. The van der Waals surface area contributed by atoms with Crippen LogP contribution in [0, 0.1) is 23.6 Å². The van der Waals surface area contributed by atoms with Crippen molar-refractivity contribution in [1.29, 1.82) is 0 Å². The Morgan fingerprint density at radius 2 is 1.64 bits per heavy atom. The van der Waals surface area contributed by atoms with E-state index in [1.807, 2.05) is 63.4 Å². The fraction of sp³-hybridized carbons (Fsp3) is 0.256. The molecular weight excluding hydrogens is 787 g/mol. The number of allylic oxidation sites excluding steroid dienone is 2. The largest absolute Gasteiger partial charge is 0.512 e. The first-order chi connectivity index (χ1) is 22.1. The molecule has 0 aliphatic carbocycles. The third-order valence-corrected chi connectivity index (χ3v) is 12.5. The second-order valence-corrected chi connectivity index (χ2v) is 16.8. The number of carbonyl (C=O) groups excluding carboxylic acids is 1. The van der Waals surface area contributed by atoms with Crippen molar-refractivity contribution >= 4 is 67.6 Å². The Balaban J connectivity index is 0.000000267. The molecule has 0 fully saturated rings. The van der Waals surface area contributed by atoms with Crippen molar-refractivity contribution in [2.24, 2.45) is 5.92 Å². The summed E-state index contributed by atoms with van der Waals surface area (Å²) in [5.41, 5.74) is 2.78. The van der Waals surface area contributed by atoms with Crippen molar-refractivity contribution < 1.29 is 38.8 Å². The predicted molar refractivity (Wildman–Crippen MR) is 188 cm³/mol. The molecule has 6 aromatic rings. The quantitative estimate of drug-likeness (QED) is 0.0599. The number of hydrogen-bond acceptors (Lipinski definition) is 4. The number of para-hydroxylation sites is 1. The molecule has 8 heteroatoms.